The lowest BCUT2D eigenvalue weighted by molar-refractivity contribution is -0.140. The summed E-state index contributed by atoms with van der Waals surface area (Å²) in [5, 5.41) is 3.86. The lowest BCUT2D eigenvalue weighted by atomic mass is 9.94. The van der Waals surface area contributed by atoms with E-state index in [9.17, 15) is 18.0 Å². The van der Waals surface area contributed by atoms with Crippen molar-refractivity contribution in [1.82, 2.24) is 10.2 Å². The number of nitrogens with zero attached hydrogens (tertiary/aromatic N) is 2. The molecule has 0 radical (unpaired) electrons. The van der Waals surface area contributed by atoms with Gasteiger partial charge >= 0.3 is 0 Å². The van der Waals surface area contributed by atoms with E-state index in [-0.39, 0.29) is 30.6 Å². The molecule has 49 heavy (non-hydrogen) atoms. The summed E-state index contributed by atoms with van der Waals surface area (Å²) in [7, 11) is -3.94. The number of anilines is 1. The first-order valence-corrected chi connectivity index (χ1v) is 19.0. The van der Waals surface area contributed by atoms with Crippen molar-refractivity contribution in [3.63, 3.8) is 0 Å². The quantitative estimate of drug-likeness (QED) is 0.146. The minimum atomic E-state index is -3.94. The molecule has 5 rings (SSSR count). The fourth-order valence-corrected chi connectivity index (χ4v) is 7.38. The smallest absolute Gasteiger partial charge is 0.244 e. The molecule has 1 fully saturated rings. The van der Waals surface area contributed by atoms with Crippen molar-refractivity contribution in [2.45, 2.75) is 63.8 Å². The van der Waals surface area contributed by atoms with Crippen LogP contribution in [0.25, 0.3) is 0 Å². The Labute approximate surface area is 299 Å². The highest BCUT2D eigenvalue weighted by Crippen LogP contribution is 2.29. The van der Waals surface area contributed by atoms with E-state index >= 15 is 0 Å². The van der Waals surface area contributed by atoms with Gasteiger partial charge < -0.3 is 15.0 Å². The molecule has 11 heteroatoms. The van der Waals surface area contributed by atoms with E-state index in [1.807, 2.05) is 60.7 Å². The second kappa shape index (κ2) is 17.1. The van der Waals surface area contributed by atoms with Crippen LogP contribution in [0.15, 0.2) is 103 Å². The zero-order valence-corrected chi connectivity index (χ0v) is 29.8. The Kier molecular flexibility index (Phi) is 12.6. The molecule has 1 aliphatic carbocycles. The van der Waals surface area contributed by atoms with Crippen molar-refractivity contribution >= 4 is 50.7 Å². The van der Waals surface area contributed by atoms with Crippen LogP contribution in [0.1, 0.15) is 48.8 Å². The molecule has 4 aromatic rings. The molecule has 0 bridgehead atoms. The van der Waals surface area contributed by atoms with Crippen molar-refractivity contribution in [2.75, 3.05) is 17.1 Å². The van der Waals surface area contributed by atoms with Gasteiger partial charge in [0.25, 0.3) is 0 Å². The van der Waals surface area contributed by atoms with E-state index in [0.29, 0.717) is 28.0 Å². The average Bonchev–Trinajstić information content (AvgIpc) is 3.10. The number of amides is 2. The molecule has 1 N–H and O–H groups in total. The van der Waals surface area contributed by atoms with Crippen LogP contribution in [-0.4, -0.2) is 50.0 Å². The van der Waals surface area contributed by atoms with E-state index in [2.05, 4.69) is 5.32 Å². The number of nitrogens with one attached hydrogen (secondary N) is 1. The maximum Gasteiger partial charge on any atom is 0.244 e. The Hall–Kier alpha value is -4.05. The van der Waals surface area contributed by atoms with E-state index in [4.69, 9.17) is 27.9 Å². The van der Waals surface area contributed by atoms with E-state index in [1.54, 1.807) is 42.5 Å². The first-order valence-electron chi connectivity index (χ1n) is 16.4. The summed E-state index contributed by atoms with van der Waals surface area (Å²) in [6.45, 7) is -0.302. The van der Waals surface area contributed by atoms with Crippen LogP contribution in [0.3, 0.4) is 0 Å². The minimum absolute atomic E-state index is 0.00415. The maximum absolute atomic E-state index is 14.5. The third kappa shape index (κ3) is 10.2. The number of ether oxygens (including phenoxy) is 1. The van der Waals surface area contributed by atoms with Gasteiger partial charge in [-0.3, -0.25) is 13.9 Å². The molecule has 1 saturated carbocycles. The second-order valence-corrected chi connectivity index (χ2v) is 15.0. The molecule has 0 saturated heterocycles. The lowest BCUT2D eigenvalue weighted by Gasteiger charge is -2.35. The molecule has 2 amide bonds. The van der Waals surface area contributed by atoms with Gasteiger partial charge in [-0.25, -0.2) is 8.42 Å². The summed E-state index contributed by atoms with van der Waals surface area (Å²) in [5.41, 5.74) is 2.59. The van der Waals surface area contributed by atoms with Gasteiger partial charge in [0.1, 0.15) is 24.9 Å². The first-order chi connectivity index (χ1) is 23.6. The van der Waals surface area contributed by atoms with E-state index < -0.39 is 28.5 Å². The summed E-state index contributed by atoms with van der Waals surface area (Å²) in [5.74, 6) is -0.340. The molecule has 0 spiro atoms. The molecular formula is C38H41Cl2N3O5S. The number of carbonyl (C=O) groups excluding carboxylic acids is 2. The molecule has 0 aromatic heterocycles. The average molecular weight is 723 g/mol. The fourth-order valence-electron chi connectivity index (χ4n) is 6.02. The molecule has 4 aromatic carbocycles. The van der Waals surface area contributed by atoms with Gasteiger partial charge in [0, 0.05) is 34.6 Å². The van der Waals surface area contributed by atoms with Crippen molar-refractivity contribution in [3.8, 4) is 5.75 Å². The van der Waals surface area contributed by atoms with Crippen molar-refractivity contribution < 1.29 is 22.7 Å². The Morgan fingerprint density at radius 2 is 1.41 bits per heavy atom. The highest BCUT2D eigenvalue weighted by molar-refractivity contribution is 7.92. The Morgan fingerprint density at radius 3 is 2.00 bits per heavy atom. The second-order valence-electron chi connectivity index (χ2n) is 12.3. The van der Waals surface area contributed by atoms with Gasteiger partial charge in [-0.2, -0.15) is 0 Å². The van der Waals surface area contributed by atoms with Gasteiger partial charge in [0.2, 0.25) is 21.8 Å². The number of rotatable bonds is 14. The Bertz CT molecular complexity index is 1780. The normalized spacial score (nSPS) is 14.1. The van der Waals surface area contributed by atoms with Crippen LogP contribution < -0.4 is 14.4 Å². The van der Waals surface area contributed by atoms with Gasteiger partial charge in [-0.1, -0.05) is 109 Å². The van der Waals surface area contributed by atoms with Gasteiger partial charge in [0.05, 0.1) is 11.9 Å². The van der Waals surface area contributed by atoms with Crippen LogP contribution >= 0.6 is 23.2 Å². The third-order valence-corrected chi connectivity index (χ3v) is 10.5. The predicted molar refractivity (Wildman–Crippen MR) is 195 cm³/mol. The number of hydrogen-bond donors (Lipinski definition) is 1. The largest absolute Gasteiger partial charge is 0.489 e. The monoisotopic (exact) mass is 721 g/mol. The van der Waals surface area contributed by atoms with Crippen LogP contribution in [-0.2, 0) is 39.2 Å². The van der Waals surface area contributed by atoms with Crippen molar-refractivity contribution in [2.24, 2.45) is 0 Å². The Balaban J connectivity index is 1.46. The zero-order chi connectivity index (χ0) is 34.8. The van der Waals surface area contributed by atoms with Crippen LogP contribution in [0.2, 0.25) is 10.0 Å². The standard InChI is InChI=1S/C38H41Cl2N3O5S/c1-49(46,47)43(31-20-22-32(23-21-31)48-27-29-14-7-3-8-15-29)26-37(44)42(25-33-34(39)18-11-19-35(33)40)36(24-28-12-5-2-6-13-28)38(45)41-30-16-9-4-10-17-30/h2-3,5-8,11-15,18-23,30,36H,4,9-10,16-17,24-27H2,1H3,(H,41,45)/t36-/m1/s1. The van der Waals surface area contributed by atoms with Crippen molar-refractivity contribution in [3.05, 3.63) is 130 Å². The van der Waals surface area contributed by atoms with Gasteiger partial charge in [0.15, 0.2) is 0 Å². The van der Waals surface area contributed by atoms with E-state index in [1.165, 1.54) is 4.90 Å². The summed E-state index contributed by atoms with van der Waals surface area (Å²) in [6.07, 6.45) is 6.14. The van der Waals surface area contributed by atoms with Gasteiger partial charge in [-0.05, 0) is 60.4 Å². The van der Waals surface area contributed by atoms with Crippen LogP contribution in [0, 0.1) is 0 Å². The number of carbonyl (C=O) groups is 2. The molecule has 1 atom stereocenters. The number of benzene rings is 4. The highest BCUT2D eigenvalue weighted by atomic mass is 35.5. The number of sulfonamides is 1. The molecular weight excluding hydrogens is 681 g/mol. The summed E-state index contributed by atoms with van der Waals surface area (Å²) < 4.78 is 33.3. The molecule has 258 valence electrons. The molecule has 1 aliphatic rings. The zero-order valence-electron chi connectivity index (χ0n) is 27.4. The molecule has 0 heterocycles. The summed E-state index contributed by atoms with van der Waals surface area (Å²) in [4.78, 5) is 30.1. The summed E-state index contributed by atoms with van der Waals surface area (Å²) in [6, 6.07) is 29.7. The Morgan fingerprint density at radius 1 is 0.816 bits per heavy atom. The number of hydrogen-bond acceptors (Lipinski definition) is 5. The third-order valence-electron chi connectivity index (χ3n) is 8.67. The molecule has 0 aliphatic heterocycles. The predicted octanol–water partition coefficient (Wildman–Crippen LogP) is 7.43. The van der Waals surface area contributed by atoms with Crippen LogP contribution in [0.4, 0.5) is 5.69 Å². The minimum Gasteiger partial charge on any atom is -0.489 e. The SMILES string of the molecule is CS(=O)(=O)N(CC(=O)N(Cc1c(Cl)cccc1Cl)[C@H](Cc1ccccc1)C(=O)NC1CCCCC1)c1ccc(OCc2ccccc2)cc1. The fraction of sp³-hybridized carbons (Fsp3) is 0.316. The molecule has 0 unspecified atom stereocenters. The molecule has 8 nitrogen and oxygen atoms in total. The summed E-state index contributed by atoms with van der Waals surface area (Å²) >= 11 is 13.2. The van der Waals surface area contributed by atoms with Crippen LogP contribution in [0.5, 0.6) is 5.75 Å². The maximum atomic E-state index is 14.5. The van der Waals surface area contributed by atoms with Gasteiger partial charge in [-0.15, -0.1) is 0 Å². The first kappa shape index (κ1) is 36.2. The topological polar surface area (TPSA) is 96.0 Å². The van der Waals surface area contributed by atoms with Crippen molar-refractivity contribution in [1.29, 1.82) is 0 Å². The lowest BCUT2D eigenvalue weighted by Crippen LogP contribution is -2.55. The number of halogens is 2. The van der Waals surface area contributed by atoms with E-state index in [0.717, 1.165) is 53.8 Å². The highest BCUT2D eigenvalue weighted by Gasteiger charge is 2.34.